The Hall–Kier alpha value is -2.13. The fraction of sp³-hybridized carbons (Fsp3) is 0.619. The second-order valence-corrected chi connectivity index (χ2v) is 9.74. The fourth-order valence-corrected chi connectivity index (χ4v) is 4.61. The summed E-state index contributed by atoms with van der Waals surface area (Å²) in [6.07, 6.45) is 0.206. The Morgan fingerprint density at radius 2 is 1.73 bits per heavy atom. The molecule has 1 atom stereocenters. The average Bonchev–Trinajstić information content (AvgIpc) is 2.72. The van der Waals surface area contributed by atoms with E-state index in [2.05, 4.69) is 5.32 Å². The molecule has 0 radical (unpaired) electrons. The third-order valence-corrected chi connectivity index (χ3v) is 6.81. The zero-order valence-corrected chi connectivity index (χ0v) is 18.9. The van der Waals surface area contributed by atoms with Gasteiger partial charge in [0.05, 0.1) is 17.4 Å². The molecule has 0 aromatic heterocycles. The van der Waals surface area contributed by atoms with Gasteiger partial charge in [0.1, 0.15) is 5.75 Å². The molecule has 1 saturated heterocycles. The zero-order valence-electron chi connectivity index (χ0n) is 18.1. The number of nitrogens with one attached hydrogen (secondary N) is 1. The molecule has 0 aliphatic carbocycles. The average molecular weight is 441 g/mol. The first-order chi connectivity index (χ1) is 14.1. The van der Waals surface area contributed by atoms with Crippen LogP contribution in [0.25, 0.3) is 0 Å². The van der Waals surface area contributed by atoms with Crippen LogP contribution in [0, 0.1) is 11.8 Å². The quantitative estimate of drug-likeness (QED) is 0.591. The number of esters is 1. The van der Waals surface area contributed by atoms with Crippen molar-refractivity contribution in [2.45, 2.75) is 51.5 Å². The third-order valence-electron chi connectivity index (χ3n) is 4.90. The van der Waals surface area contributed by atoms with Crippen LogP contribution in [0.5, 0.6) is 5.75 Å². The molecule has 1 heterocycles. The van der Waals surface area contributed by atoms with E-state index >= 15 is 0 Å². The standard InChI is InChI=1S/C21H32N2O6S/c1-5-28-21(25)17-10-12-23(13-11-17)30(26,27)19-8-6-18(7-9-19)29-16(4)20(24)22-14-15(2)3/h6-9,15-17H,5,10-14H2,1-4H3,(H,22,24)/t16-/m1/s1. The van der Waals surface area contributed by atoms with Gasteiger partial charge in [-0.05, 0) is 56.9 Å². The Bertz CT molecular complexity index is 814. The van der Waals surface area contributed by atoms with Crippen LogP contribution in [0.1, 0.15) is 40.5 Å². The van der Waals surface area contributed by atoms with Gasteiger partial charge in [-0.1, -0.05) is 13.8 Å². The van der Waals surface area contributed by atoms with E-state index < -0.39 is 16.1 Å². The van der Waals surface area contributed by atoms with Gasteiger partial charge < -0.3 is 14.8 Å². The lowest BCUT2D eigenvalue weighted by Crippen LogP contribution is -2.40. The normalized spacial score (nSPS) is 16.8. The summed E-state index contributed by atoms with van der Waals surface area (Å²) in [7, 11) is -3.66. The first-order valence-electron chi connectivity index (χ1n) is 10.4. The van der Waals surface area contributed by atoms with E-state index in [4.69, 9.17) is 9.47 Å². The predicted molar refractivity (Wildman–Crippen MR) is 112 cm³/mol. The van der Waals surface area contributed by atoms with Crippen molar-refractivity contribution in [3.05, 3.63) is 24.3 Å². The summed E-state index contributed by atoms with van der Waals surface area (Å²) in [6, 6.07) is 6.04. The number of ether oxygens (including phenoxy) is 2. The van der Waals surface area contributed by atoms with Crippen molar-refractivity contribution in [2.75, 3.05) is 26.2 Å². The van der Waals surface area contributed by atoms with E-state index in [0.29, 0.717) is 37.7 Å². The van der Waals surface area contributed by atoms with Crippen LogP contribution in [-0.4, -0.2) is 56.9 Å². The van der Waals surface area contributed by atoms with E-state index in [1.54, 1.807) is 26.0 Å². The monoisotopic (exact) mass is 440 g/mol. The van der Waals surface area contributed by atoms with E-state index in [-0.39, 0.29) is 35.8 Å². The molecule has 1 aliphatic rings. The molecular formula is C21H32N2O6S. The molecule has 1 aromatic rings. The number of hydrogen-bond donors (Lipinski definition) is 1. The van der Waals surface area contributed by atoms with Gasteiger partial charge in [-0.2, -0.15) is 4.31 Å². The molecule has 1 fully saturated rings. The Kier molecular flexibility index (Phi) is 8.66. The number of hydrogen-bond acceptors (Lipinski definition) is 6. The largest absolute Gasteiger partial charge is 0.481 e. The van der Waals surface area contributed by atoms with Crippen LogP contribution in [0.2, 0.25) is 0 Å². The highest BCUT2D eigenvalue weighted by Crippen LogP contribution is 2.26. The van der Waals surface area contributed by atoms with Crippen LogP contribution < -0.4 is 10.1 Å². The van der Waals surface area contributed by atoms with Gasteiger partial charge >= 0.3 is 5.97 Å². The molecule has 1 N–H and O–H groups in total. The van der Waals surface area contributed by atoms with Gasteiger partial charge in [0, 0.05) is 19.6 Å². The Morgan fingerprint density at radius 1 is 1.13 bits per heavy atom. The first kappa shape index (κ1) is 24.1. The summed E-state index contributed by atoms with van der Waals surface area (Å²) in [4.78, 5) is 24.0. The minimum atomic E-state index is -3.66. The molecule has 168 valence electrons. The number of piperidine rings is 1. The van der Waals surface area contributed by atoms with Gasteiger partial charge in [0.2, 0.25) is 10.0 Å². The van der Waals surface area contributed by atoms with Crippen LogP contribution in [0.4, 0.5) is 0 Å². The summed E-state index contributed by atoms with van der Waals surface area (Å²) >= 11 is 0. The summed E-state index contributed by atoms with van der Waals surface area (Å²) in [5.74, 6) is 0.0261. The highest BCUT2D eigenvalue weighted by molar-refractivity contribution is 7.89. The second-order valence-electron chi connectivity index (χ2n) is 7.80. The molecule has 1 amide bonds. The summed E-state index contributed by atoms with van der Waals surface area (Å²) < 4.78 is 37.8. The first-order valence-corrected chi connectivity index (χ1v) is 11.8. The topological polar surface area (TPSA) is 102 Å². The number of rotatable bonds is 9. The van der Waals surface area contributed by atoms with Crippen molar-refractivity contribution in [1.82, 2.24) is 9.62 Å². The van der Waals surface area contributed by atoms with Gasteiger partial charge in [0.15, 0.2) is 6.10 Å². The maximum absolute atomic E-state index is 12.9. The minimum Gasteiger partial charge on any atom is -0.481 e. The molecule has 8 nitrogen and oxygen atoms in total. The Balaban J connectivity index is 1.95. The van der Waals surface area contributed by atoms with Gasteiger partial charge in [-0.3, -0.25) is 9.59 Å². The molecule has 30 heavy (non-hydrogen) atoms. The zero-order chi connectivity index (χ0) is 22.3. The molecular weight excluding hydrogens is 408 g/mol. The number of amides is 1. The van der Waals surface area contributed by atoms with E-state index in [1.165, 1.54) is 16.4 Å². The van der Waals surface area contributed by atoms with Crippen molar-refractivity contribution < 1.29 is 27.5 Å². The van der Waals surface area contributed by atoms with Crippen molar-refractivity contribution in [3.8, 4) is 5.75 Å². The number of carbonyl (C=O) groups is 2. The molecule has 9 heteroatoms. The van der Waals surface area contributed by atoms with Crippen LogP contribution >= 0.6 is 0 Å². The van der Waals surface area contributed by atoms with Crippen molar-refractivity contribution >= 4 is 21.9 Å². The third kappa shape index (κ3) is 6.43. The summed E-state index contributed by atoms with van der Waals surface area (Å²) in [6.45, 7) is 8.85. The second kappa shape index (κ2) is 10.8. The lowest BCUT2D eigenvalue weighted by molar-refractivity contribution is -0.149. The highest BCUT2D eigenvalue weighted by Gasteiger charge is 2.32. The fourth-order valence-electron chi connectivity index (χ4n) is 3.14. The molecule has 1 aromatic carbocycles. The van der Waals surface area contributed by atoms with Crippen molar-refractivity contribution in [2.24, 2.45) is 11.8 Å². The summed E-state index contributed by atoms with van der Waals surface area (Å²) in [5.41, 5.74) is 0. The Labute approximate surface area is 179 Å². The van der Waals surface area contributed by atoms with Gasteiger partial charge in [-0.25, -0.2) is 8.42 Å². The molecule has 0 bridgehead atoms. The molecule has 0 saturated carbocycles. The summed E-state index contributed by atoms with van der Waals surface area (Å²) in [5, 5.41) is 2.80. The highest BCUT2D eigenvalue weighted by atomic mass is 32.2. The lowest BCUT2D eigenvalue weighted by atomic mass is 9.98. The number of sulfonamides is 1. The predicted octanol–water partition coefficient (Wildman–Crippen LogP) is 2.19. The number of nitrogens with zero attached hydrogens (tertiary/aromatic N) is 1. The van der Waals surface area contributed by atoms with Crippen molar-refractivity contribution in [3.63, 3.8) is 0 Å². The minimum absolute atomic E-state index is 0.154. The van der Waals surface area contributed by atoms with Crippen LogP contribution in [0.3, 0.4) is 0 Å². The molecule has 0 unspecified atom stereocenters. The van der Waals surface area contributed by atoms with E-state index in [0.717, 1.165) is 0 Å². The SMILES string of the molecule is CCOC(=O)C1CCN(S(=O)(=O)c2ccc(O[C@H](C)C(=O)NCC(C)C)cc2)CC1. The van der Waals surface area contributed by atoms with E-state index in [9.17, 15) is 18.0 Å². The smallest absolute Gasteiger partial charge is 0.309 e. The van der Waals surface area contributed by atoms with Crippen molar-refractivity contribution in [1.29, 1.82) is 0 Å². The number of benzene rings is 1. The maximum Gasteiger partial charge on any atom is 0.309 e. The molecule has 0 spiro atoms. The number of carbonyl (C=O) groups excluding carboxylic acids is 2. The lowest BCUT2D eigenvalue weighted by Gasteiger charge is -2.30. The molecule has 1 aliphatic heterocycles. The maximum atomic E-state index is 12.9. The Morgan fingerprint density at radius 3 is 2.27 bits per heavy atom. The van der Waals surface area contributed by atoms with E-state index in [1.807, 2.05) is 13.8 Å². The van der Waals surface area contributed by atoms with Gasteiger partial charge in [0.25, 0.3) is 5.91 Å². The molecule has 2 rings (SSSR count). The van der Waals surface area contributed by atoms with Crippen LogP contribution in [0.15, 0.2) is 29.2 Å². The van der Waals surface area contributed by atoms with Gasteiger partial charge in [-0.15, -0.1) is 0 Å². The van der Waals surface area contributed by atoms with Crippen LogP contribution in [-0.2, 0) is 24.3 Å².